The van der Waals surface area contributed by atoms with Crippen LogP contribution in [-0.2, 0) is 5.75 Å². The van der Waals surface area contributed by atoms with Crippen molar-refractivity contribution in [2.45, 2.75) is 12.7 Å². The lowest BCUT2D eigenvalue weighted by atomic mass is 10.3. The second-order valence-corrected chi connectivity index (χ2v) is 2.49. The van der Waals surface area contributed by atoms with Gasteiger partial charge in [0.1, 0.15) is 0 Å². The predicted octanol–water partition coefficient (Wildman–Crippen LogP) is -0.199. The fraction of sp³-hybridized carbons (Fsp3) is 0.333. The summed E-state index contributed by atoms with van der Waals surface area (Å²) >= 11 is 3.95. The molecule has 0 aliphatic rings. The third-order valence-corrected chi connectivity index (χ3v) is 1.76. The number of aromatic amines is 2. The van der Waals surface area contributed by atoms with Crippen molar-refractivity contribution in [3.05, 3.63) is 32.1 Å². The van der Waals surface area contributed by atoms with Gasteiger partial charge in [-0.2, -0.15) is 12.6 Å². The molecule has 0 radical (unpaired) electrons. The lowest BCUT2D eigenvalue weighted by molar-refractivity contribution is 0.956. The molecule has 0 aliphatic heterocycles. The zero-order valence-electron chi connectivity index (χ0n) is 5.97. The molecule has 0 unspecified atom stereocenters. The van der Waals surface area contributed by atoms with Crippen molar-refractivity contribution in [3.63, 3.8) is 0 Å². The van der Waals surface area contributed by atoms with E-state index in [1.165, 1.54) is 0 Å². The van der Waals surface area contributed by atoms with Gasteiger partial charge in [0.05, 0.1) is 0 Å². The predicted molar refractivity (Wildman–Crippen MR) is 45.1 cm³/mol. The van der Waals surface area contributed by atoms with Gasteiger partial charge in [0.15, 0.2) is 0 Å². The number of aromatic nitrogens is 2. The Morgan fingerprint density at radius 3 is 2.55 bits per heavy atom. The van der Waals surface area contributed by atoms with Crippen LogP contribution in [0.4, 0.5) is 0 Å². The smallest absolute Gasteiger partial charge is 0.310 e. The van der Waals surface area contributed by atoms with Gasteiger partial charge in [-0.15, -0.1) is 0 Å². The van der Waals surface area contributed by atoms with Crippen LogP contribution in [0.3, 0.4) is 0 Å². The topological polar surface area (TPSA) is 65.7 Å². The van der Waals surface area contributed by atoms with E-state index in [0.29, 0.717) is 17.0 Å². The third kappa shape index (κ3) is 1.54. The van der Waals surface area contributed by atoms with Crippen LogP contribution in [0.25, 0.3) is 0 Å². The minimum Gasteiger partial charge on any atom is -0.310 e. The average Bonchev–Trinajstić information content (AvgIpc) is 1.96. The molecule has 1 aromatic heterocycles. The van der Waals surface area contributed by atoms with E-state index in [1.807, 2.05) is 0 Å². The average molecular weight is 172 g/mol. The molecule has 11 heavy (non-hydrogen) atoms. The Bertz CT molecular complexity index is 366. The number of rotatable bonds is 1. The fourth-order valence-electron chi connectivity index (χ4n) is 0.754. The Morgan fingerprint density at radius 2 is 2.00 bits per heavy atom. The van der Waals surface area contributed by atoms with E-state index in [9.17, 15) is 9.59 Å². The summed E-state index contributed by atoms with van der Waals surface area (Å²) in [5, 5.41) is 0. The summed E-state index contributed by atoms with van der Waals surface area (Å²) in [6.07, 6.45) is 0. The van der Waals surface area contributed by atoms with Crippen LogP contribution in [0.1, 0.15) is 11.3 Å². The SMILES string of the molecule is Cc1c(CS)[nH]c(=O)[nH]c1=O. The van der Waals surface area contributed by atoms with E-state index in [1.54, 1.807) is 6.92 Å². The first kappa shape index (κ1) is 8.13. The van der Waals surface area contributed by atoms with Crippen LogP contribution in [0.2, 0.25) is 0 Å². The van der Waals surface area contributed by atoms with Gasteiger partial charge >= 0.3 is 5.69 Å². The van der Waals surface area contributed by atoms with Gasteiger partial charge in [-0.3, -0.25) is 9.78 Å². The minimum absolute atomic E-state index is 0.349. The van der Waals surface area contributed by atoms with Crippen molar-refractivity contribution >= 4 is 12.6 Å². The first-order chi connectivity index (χ1) is 5.15. The highest BCUT2D eigenvalue weighted by Crippen LogP contribution is 1.97. The van der Waals surface area contributed by atoms with Crippen LogP contribution in [0.15, 0.2) is 9.59 Å². The van der Waals surface area contributed by atoms with Crippen molar-refractivity contribution in [2.24, 2.45) is 0 Å². The minimum atomic E-state index is -0.482. The molecule has 0 fully saturated rings. The molecule has 4 nitrogen and oxygen atoms in total. The summed E-state index contributed by atoms with van der Waals surface area (Å²) in [4.78, 5) is 26.2. The van der Waals surface area contributed by atoms with Gasteiger partial charge in [0.2, 0.25) is 0 Å². The van der Waals surface area contributed by atoms with Gasteiger partial charge in [0, 0.05) is 17.0 Å². The standard InChI is InChI=1S/C6H8N2O2S/c1-3-4(2-11)7-6(10)8-5(3)9/h11H,2H2,1H3,(H2,7,8,9,10). The summed E-state index contributed by atoms with van der Waals surface area (Å²) < 4.78 is 0. The van der Waals surface area contributed by atoms with Crippen molar-refractivity contribution in [1.82, 2.24) is 9.97 Å². The normalized spacial score (nSPS) is 10.0. The first-order valence-corrected chi connectivity index (χ1v) is 3.71. The molecule has 5 heteroatoms. The summed E-state index contributed by atoms with van der Waals surface area (Å²) in [6, 6.07) is 0. The van der Waals surface area contributed by atoms with Crippen LogP contribution in [0.5, 0.6) is 0 Å². The van der Waals surface area contributed by atoms with Gasteiger partial charge in [-0.05, 0) is 6.92 Å². The first-order valence-electron chi connectivity index (χ1n) is 3.08. The molecule has 0 saturated heterocycles. The summed E-state index contributed by atoms with van der Waals surface area (Å²) in [7, 11) is 0. The Labute approximate surface area is 68.1 Å². The monoisotopic (exact) mass is 172 g/mol. The van der Waals surface area contributed by atoms with Crippen molar-refractivity contribution in [2.75, 3.05) is 0 Å². The Morgan fingerprint density at radius 1 is 1.36 bits per heavy atom. The molecular formula is C6H8N2O2S. The van der Waals surface area contributed by atoms with Gasteiger partial charge in [-0.1, -0.05) is 0 Å². The molecule has 60 valence electrons. The molecule has 0 aliphatic carbocycles. The number of hydrogen-bond acceptors (Lipinski definition) is 3. The van der Waals surface area contributed by atoms with Gasteiger partial charge in [0.25, 0.3) is 5.56 Å². The summed E-state index contributed by atoms with van der Waals surface area (Å²) in [6.45, 7) is 1.64. The van der Waals surface area contributed by atoms with Crippen LogP contribution in [-0.4, -0.2) is 9.97 Å². The van der Waals surface area contributed by atoms with Crippen molar-refractivity contribution < 1.29 is 0 Å². The summed E-state index contributed by atoms with van der Waals surface area (Å²) in [5.74, 6) is 0.366. The lowest BCUT2D eigenvalue weighted by Crippen LogP contribution is -2.25. The number of nitrogens with one attached hydrogen (secondary N) is 2. The maximum atomic E-state index is 10.9. The Hall–Kier alpha value is -0.970. The van der Waals surface area contributed by atoms with E-state index in [0.717, 1.165) is 0 Å². The molecule has 0 aromatic carbocycles. The van der Waals surface area contributed by atoms with E-state index < -0.39 is 5.69 Å². The van der Waals surface area contributed by atoms with Gasteiger partial charge < -0.3 is 4.98 Å². The Balaban J connectivity index is 3.49. The van der Waals surface area contributed by atoms with Crippen molar-refractivity contribution in [3.8, 4) is 0 Å². The Kier molecular flexibility index (Phi) is 2.19. The molecule has 0 atom stereocenters. The number of hydrogen-bond donors (Lipinski definition) is 3. The second kappa shape index (κ2) is 2.96. The van der Waals surface area contributed by atoms with E-state index in [2.05, 4.69) is 22.6 Å². The zero-order chi connectivity index (χ0) is 8.43. The highest BCUT2D eigenvalue weighted by Gasteiger charge is 2.00. The van der Waals surface area contributed by atoms with Crippen molar-refractivity contribution in [1.29, 1.82) is 0 Å². The molecule has 1 heterocycles. The maximum Gasteiger partial charge on any atom is 0.325 e. The lowest BCUT2D eigenvalue weighted by Gasteiger charge is -1.97. The number of H-pyrrole nitrogens is 2. The third-order valence-electron chi connectivity index (χ3n) is 1.44. The molecule has 0 spiro atoms. The fourth-order valence-corrected chi connectivity index (χ4v) is 1.07. The molecule has 0 saturated carbocycles. The maximum absolute atomic E-state index is 10.9. The molecule has 1 rings (SSSR count). The largest absolute Gasteiger partial charge is 0.325 e. The van der Waals surface area contributed by atoms with Crippen LogP contribution in [0, 0.1) is 6.92 Å². The zero-order valence-corrected chi connectivity index (χ0v) is 6.87. The summed E-state index contributed by atoms with van der Waals surface area (Å²) in [5.41, 5.74) is 0.254. The van der Waals surface area contributed by atoms with Crippen LogP contribution < -0.4 is 11.2 Å². The van der Waals surface area contributed by atoms with Gasteiger partial charge in [-0.25, -0.2) is 4.79 Å². The highest BCUT2D eigenvalue weighted by molar-refractivity contribution is 7.79. The molecule has 1 aromatic rings. The molecule has 2 N–H and O–H groups in total. The second-order valence-electron chi connectivity index (χ2n) is 2.17. The number of thiol groups is 1. The van der Waals surface area contributed by atoms with E-state index >= 15 is 0 Å². The quantitative estimate of drug-likeness (QED) is 0.514. The molecule has 0 bridgehead atoms. The van der Waals surface area contributed by atoms with E-state index in [4.69, 9.17) is 0 Å². The molecule has 0 amide bonds. The van der Waals surface area contributed by atoms with Crippen LogP contribution >= 0.6 is 12.6 Å². The van der Waals surface area contributed by atoms with E-state index in [-0.39, 0.29) is 5.56 Å². The highest BCUT2D eigenvalue weighted by atomic mass is 32.1. The molecular weight excluding hydrogens is 164 g/mol.